The predicted molar refractivity (Wildman–Crippen MR) is 123 cm³/mol. The average Bonchev–Trinajstić information content (AvgIpc) is 3.43. The molecule has 1 spiro atoms. The van der Waals surface area contributed by atoms with Crippen molar-refractivity contribution >= 4 is 17.4 Å². The summed E-state index contributed by atoms with van der Waals surface area (Å²) >= 11 is 5.83. The lowest BCUT2D eigenvalue weighted by Crippen LogP contribution is -2.31. The number of nitrogens with one attached hydrogen (secondary N) is 2. The molecule has 2 saturated heterocycles. The van der Waals surface area contributed by atoms with Crippen LogP contribution in [0.1, 0.15) is 18.5 Å². The Morgan fingerprint density at radius 2 is 2.06 bits per heavy atom. The van der Waals surface area contributed by atoms with E-state index in [1.165, 1.54) is 17.1 Å². The van der Waals surface area contributed by atoms with E-state index in [0.717, 1.165) is 38.4 Å². The first-order valence-corrected chi connectivity index (χ1v) is 11.0. The lowest BCUT2D eigenvalue weighted by atomic mass is 9.87. The predicted octanol–water partition coefficient (Wildman–Crippen LogP) is 2.34. The van der Waals surface area contributed by atoms with Crippen molar-refractivity contribution in [3.8, 4) is 11.4 Å². The number of anilines is 1. The van der Waals surface area contributed by atoms with Crippen LogP contribution in [-0.4, -0.2) is 40.7 Å². The van der Waals surface area contributed by atoms with Crippen molar-refractivity contribution in [1.29, 1.82) is 0 Å². The standard InChI is InChI=1S/C23H24ClN5O3/c24-16-1-2-17(26-12-16)13-32-18-5-9-29(21(30)11-18)19-3-4-20(27-22(19)31)28-10-7-23(15-28)6-8-25-14-23/h1-5,9,11-12,25H,6-8,10,13-15H2,(H,27,31). The van der Waals surface area contributed by atoms with Gasteiger partial charge in [0.15, 0.2) is 0 Å². The number of H-pyrrole nitrogens is 1. The Kier molecular flexibility index (Phi) is 5.48. The molecular formula is C23H24ClN5O3. The third-order valence-electron chi connectivity index (χ3n) is 6.31. The minimum absolute atomic E-state index is 0.211. The molecular weight excluding hydrogens is 430 g/mol. The maximum Gasteiger partial charge on any atom is 0.273 e. The van der Waals surface area contributed by atoms with Crippen LogP contribution in [0, 0.1) is 5.41 Å². The van der Waals surface area contributed by atoms with Gasteiger partial charge in [-0.1, -0.05) is 11.6 Å². The fraction of sp³-hybridized carbons (Fsp3) is 0.348. The van der Waals surface area contributed by atoms with E-state index in [4.69, 9.17) is 16.3 Å². The number of ether oxygens (including phenoxy) is 1. The molecule has 0 aliphatic carbocycles. The molecule has 3 aromatic rings. The van der Waals surface area contributed by atoms with Gasteiger partial charge < -0.3 is 19.9 Å². The quantitative estimate of drug-likeness (QED) is 0.616. The van der Waals surface area contributed by atoms with Gasteiger partial charge in [-0.3, -0.25) is 19.1 Å². The zero-order chi connectivity index (χ0) is 22.1. The molecule has 5 heterocycles. The maximum absolute atomic E-state index is 12.8. The van der Waals surface area contributed by atoms with Crippen LogP contribution in [0.15, 0.2) is 58.4 Å². The molecule has 2 N–H and O–H groups in total. The van der Waals surface area contributed by atoms with Crippen LogP contribution in [0.3, 0.4) is 0 Å². The Bertz CT molecular complexity index is 1230. The highest BCUT2D eigenvalue weighted by Crippen LogP contribution is 2.37. The molecule has 3 aromatic heterocycles. The molecule has 32 heavy (non-hydrogen) atoms. The smallest absolute Gasteiger partial charge is 0.273 e. The highest BCUT2D eigenvalue weighted by Gasteiger charge is 2.40. The van der Waals surface area contributed by atoms with E-state index in [-0.39, 0.29) is 23.4 Å². The van der Waals surface area contributed by atoms with Crippen molar-refractivity contribution in [2.75, 3.05) is 31.1 Å². The number of aromatic amines is 1. The second kappa shape index (κ2) is 8.44. The highest BCUT2D eigenvalue weighted by atomic mass is 35.5. The van der Waals surface area contributed by atoms with Crippen LogP contribution in [0.4, 0.5) is 5.82 Å². The summed E-state index contributed by atoms with van der Waals surface area (Å²) in [6.45, 7) is 4.16. The van der Waals surface area contributed by atoms with Crippen molar-refractivity contribution < 1.29 is 4.74 Å². The fourth-order valence-electron chi connectivity index (χ4n) is 4.51. The molecule has 0 radical (unpaired) electrons. The first kappa shape index (κ1) is 20.8. The minimum atomic E-state index is -0.345. The van der Waals surface area contributed by atoms with E-state index >= 15 is 0 Å². The molecule has 0 saturated carbocycles. The lowest BCUT2D eigenvalue weighted by molar-refractivity contribution is 0.300. The van der Waals surface area contributed by atoms with Gasteiger partial charge in [0.05, 0.1) is 10.7 Å². The van der Waals surface area contributed by atoms with Gasteiger partial charge in [-0.25, -0.2) is 0 Å². The molecule has 2 fully saturated rings. The first-order valence-electron chi connectivity index (χ1n) is 10.7. The van der Waals surface area contributed by atoms with E-state index in [2.05, 4.69) is 20.2 Å². The summed E-state index contributed by atoms with van der Waals surface area (Å²) in [6, 6.07) is 10.1. The highest BCUT2D eigenvalue weighted by molar-refractivity contribution is 6.30. The molecule has 0 bridgehead atoms. The van der Waals surface area contributed by atoms with Crippen LogP contribution < -0.4 is 26.1 Å². The molecule has 1 atom stereocenters. The van der Waals surface area contributed by atoms with E-state index in [1.54, 1.807) is 36.7 Å². The minimum Gasteiger partial charge on any atom is -0.487 e. The Morgan fingerprint density at radius 1 is 1.16 bits per heavy atom. The van der Waals surface area contributed by atoms with Gasteiger partial charge in [-0.2, -0.15) is 0 Å². The van der Waals surface area contributed by atoms with Crippen LogP contribution >= 0.6 is 11.6 Å². The number of rotatable bonds is 5. The van der Waals surface area contributed by atoms with Gasteiger partial charge in [0, 0.05) is 43.5 Å². The Morgan fingerprint density at radius 3 is 2.78 bits per heavy atom. The normalized spacial score (nSPS) is 20.2. The Balaban J connectivity index is 1.30. The number of aromatic nitrogens is 3. The van der Waals surface area contributed by atoms with Gasteiger partial charge in [-0.05, 0) is 49.7 Å². The van der Waals surface area contributed by atoms with E-state index in [1.807, 2.05) is 6.07 Å². The molecule has 0 amide bonds. The summed E-state index contributed by atoms with van der Waals surface area (Å²) in [4.78, 5) is 34.8. The molecule has 8 nitrogen and oxygen atoms in total. The largest absolute Gasteiger partial charge is 0.487 e. The first-order chi connectivity index (χ1) is 15.5. The summed E-state index contributed by atoms with van der Waals surface area (Å²) in [5.41, 5.74) is 0.643. The van der Waals surface area contributed by atoms with Crippen LogP contribution in [0.25, 0.3) is 5.69 Å². The third-order valence-corrected chi connectivity index (χ3v) is 6.53. The van der Waals surface area contributed by atoms with E-state index in [9.17, 15) is 9.59 Å². The SMILES string of the molecule is O=c1[nH]c(N2CCC3(CCNC3)C2)ccc1-n1ccc(OCc2ccc(Cl)cn2)cc1=O. The van der Waals surface area contributed by atoms with Crippen LogP contribution in [0.2, 0.25) is 5.02 Å². The molecule has 0 aromatic carbocycles. The number of hydrogen-bond acceptors (Lipinski definition) is 6. The summed E-state index contributed by atoms with van der Waals surface area (Å²) in [6.07, 6.45) is 5.38. The Hall–Kier alpha value is -3.10. The van der Waals surface area contributed by atoms with Crippen molar-refractivity contribution in [3.05, 3.63) is 80.2 Å². The summed E-state index contributed by atoms with van der Waals surface area (Å²) < 4.78 is 6.97. The molecule has 1 unspecified atom stereocenters. The second-order valence-corrected chi connectivity index (χ2v) is 8.92. The number of halogens is 1. The summed E-state index contributed by atoms with van der Waals surface area (Å²) in [7, 11) is 0. The van der Waals surface area contributed by atoms with Crippen molar-refractivity contribution in [3.63, 3.8) is 0 Å². The number of pyridine rings is 3. The van der Waals surface area contributed by atoms with Gasteiger partial charge in [0.25, 0.3) is 11.1 Å². The zero-order valence-electron chi connectivity index (χ0n) is 17.5. The average molecular weight is 454 g/mol. The summed E-state index contributed by atoms with van der Waals surface area (Å²) in [5, 5.41) is 3.99. The molecule has 9 heteroatoms. The van der Waals surface area contributed by atoms with Gasteiger partial charge >= 0.3 is 0 Å². The van der Waals surface area contributed by atoms with Gasteiger partial charge in [0.1, 0.15) is 23.9 Å². The van der Waals surface area contributed by atoms with Gasteiger partial charge in [-0.15, -0.1) is 0 Å². The maximum atomic E-state index is 12.8. The van der Waals surface area contributed by atoms with Crippen molar-refractivity contribution in [2.24, 2.45) is 5.41 Å². The van der Waals surface area contributed by atoms with Gasteiger partial charge in [0.2, 0.25) is 0 Å². The fourth-order valence-corrected chi connectivity index (χ4v) is 4.62. The number of hydrogen-bond donors (Lipinski definition) is 2. The monoisotopic (exact) mass is 453 g/mol. The summed E-state index contributed by atoms with van der Waals surface area (Å²) in [5.74, 6) is 1.20. The number of nitrogens with zero attached hydrogens (tertiary/aromatic N) is 3. The molecule has 2 aliphatic rings. The van der Waals surface area contributed by atoms with Crippen LogP contribution in [0.5, 0.6) is 5.75 Å². The van der Waals surface area contributed by atoms with Crippen molar-refractivity contribution in [2.45, 2.75) is 19.4 Å². The molecule has 166 valence electrons. The molecule has 5 rings (SSSR count). The van der Waals surface area contributed by atoms with Crippen LogP contribution in [-0.2, 0) is 6.61 Å². The third kappa shape index (κ3) is 4.16. The lowest BCUT2D eigenvalue weighted by Gasteiger charge is -2.23. The van der Waals surface area contributed by atoms with E-state index < -0.39 is 0 Å². The molecule has 2 aliphatic heterocycles. The topological polar surface area (TPSA) is 92.2 Å². The zero-order valence-corrected chi connectivity index (χ0v) is 18.3. The van der Waals surface area contributed by atoms with Crippen molar-refractivity contribution in [1.82, 2.24) is 19.9 Å². The second-order valence-electron chi connectivity index (χ2n) is 8.48. The van der Waals surface area contributed by atoms with E-state index in [0.29, 0.717) is 21.9 Å². The Labute approximate surface area is 189 Å².